The first-order chi connectivity index (χ1) is 11.2. The summed E-state index contributed by atoms with van der Waals surface area (Å²) in [5, 5.41) is 0. The molecular formula is C14H34Cl2NO6P2+. The normalized spacial score (nSPS) is 13.4. The zero-order chi connectivity index (χ0) is 20.4. The molecule has 0 spiro atoms. The lowest BCUT2D eigenvalue weighted by atomic mass is 10.2. The summed E-state index contributed by atoms with van der Waals surface area (Å²) in [6, 6.07) is 0. The monoisotopic (exact) mass is 444 g/mol. The van der Waals surface area contributed by atoms with E-state index in [1.807, 2.05) is 0 Å². The van der Waals surface area contributed by atoms with Crippen molar-refractivity contribution >= 4 is 38.4 Å². The van der Waals surface area contributed by atoms with Crippen molar-refractivity contribution in [2.45, 2.75) is 63.1 Å². The topological polar surface area (TPSA) is 115 Å². The van der Waals surface area contributed by atoms with Crippen molar-refractivity contribution in [3.05, 3.63) is 0 Å². The molecule has 4 N–H and O–H groups in total. The van der Waals surface area contributed by atoms with E-state index in [1.165, 1.54) is 62.6 Å². The van der Waals surface area contributed by atoms with E-state index in [0.717, 1.165) is 0 Å². The van der Waals surface area contributed by atoms with E-state index < -0.39 is 19.0 Å². The van der Waals surface area contributed by atoms with Crippen LogP contribution in [0.25, 0.3) is 0 Å². The van der Waals surface area contributed by atoms with Gasteiger partial charge in [-0.1, -0.05) is 63.2 Å². The molecule has 154 valence electrons. The summed E-state index contributed by atoms with van der Waals surface area (Å²) in [6.45, 7) is 11.0. The second kappa shape index (κ2) is 12.3. The minimum absolute atomic E-state index is 1.32. The Kier molecular flexibility index (Phi) is 13.8. The number of alkyl halides is 2. The van der Waals surface area contributed by atoms with Gasteiger partial charge in [0.25, 0.3) is 0 Å². The maximum Gasteiger partial charge on any atom is 0.373 e. The van der Waals surface area contributed by atoms with Gasteiger partial charge in [-0.05, 0) is 19.3 Å². The quantitative estimate of drug-likeness (QED) is 0.215. The average molecular weight is 445 g/mol. The highest BCUT2D eigenvalue weighted by molar-refractivity contribution is 7.78. The number of nitrogens with zero attached hydrogens (tertiary/aromatic N) is 1. The molecule has 0 saturated heterocycles. The molecule has 0 aliphatic rings. The first-order valence-electron chi connectivity index (χ1n) is 8.51. The number of hydrogen-bond donors (Lipinski definition) is 4. The number of halogens is 2. The fourth-order valence-corrected chi connectivity index (χ4v) is 3.48. The van der Waals surface area contributed by atoms with Crippen molar-refractivity contribution in [2.24, 2.45) is 0 Å². The molecule has 0 amide bonds. The van der Waals surface area contributed by atoms with Crippen LogP contribution in [-0.4, -0.2) is 54.6 Å². The molecule has 0 heterocycles. The van der Waals surface area contributed by atoms with Crippen LogP contribution in [-0.2, 0) is 9.13 Å². The first kappa shape index (κ1) is 28.1. The number of unbranched alkanes of at least 4 members (excludes halogenated alkanes) is 3. The van der Waals surface area contributed by atoms with Gasteiger partial charge in [-0.15, -0.1) is 0 Å². The van der Waals surface area contributed by atoms with Gasteiger partial charge >= 0.3 is 19.0 Å². The van der Waals surface area contributed by atoms with Gasteiger partial charge in [0.15, 0.2) is 0 Å². The van der Waals surface area contributed by atoms with Crippen LogP contribution in [0, 0.1) is 0 Å². The van der Waals surface area contributed by atoms with Crippen LogP contribution in [0.1, 0.15) is 59.3 Å². The van der Waals surface area contributed by atoms with Gasteiger partial charge in [-0.25, -0.2) is 0 Å². The Morgan fingerprint density at radius 3 is 1.12 bits per heavy atom. The summed E-state index contributed by atoms with van der Waals surface area (Å²) >= 11 is 9.46. The van der Waals surface area contributed by atoms with Gasteiger partial charge < -0.3 is 24.1 Å². The van der Waals surface area contributed by atoms with Crippen molar-refractivity contribution in [1.82, 2.24) is 0 Å². The summed E-state index contributed by atoms with van der Waals surface area (Å²) in [6.07, 6.45) is 8.20. The van der Waals surface area contributed by atoms with Crippen LogP contribution in [0.2, 0.25) is 0 Å². The van der Waals surface area contributed by atoms with E-state index in [4.69, 9.17) is 42.8 Å². The molecule has 0 unspecified atom stereocenters. The first-order valence-corrected chi connectivity index (χ1v) is 12.5. The molecule has 0 saturated carbocycles. The van der Waals surface area contributed by atoms with Crippen molar-refractivity contribution in [3.63, 3.8) is 0 Å². The molecule has 0 aromatic rings. The Hall–Kier alpha value is 0.840. The molecule has 25 heavy (non-hydrogen) atoms. The molecule has 0 rings (SSSR count). The standard InChI is InChI=1S/C13H30N.CH4Cl2O6P2/c1-5-8-11-14(4,12-9-6-2)13-10-7-3;2-1(3,10(4,5)6)11(7,8)9/h5-13H2,1-4H3;(H2,4,5,6)(H2,7,8,9)/q+1;. The predicted molar refractivity (Wildman–Crippen MR) is 104 cm³/mol. The summed E-state index contributed by atoms with van der Waals surface area (Å²) in [4.78, 5) is 32.9. The molecule has 0 bridgehead atoms. The third-order valence-corrected chi connectivity index (χ3v) is 9.46. The largest absolute Gasteiger partial charge is 0.373 e. The molecule has 0 aromatic heterocycles. The maximum atomic E-state index is 10.2. The summed E-state index contributed by atoms with van der Waals surface area (Å²) < 4.78 is 18.4. The van der Waals surface area contributed by atoms with Gasteiger partial charge in [0, 0.05) is 0 Å². The minimum atomic E-state index is -5.22. The lowest BCUT2D eigenvalue weighted by molar-refractivity contribution is -0.910. The maximum absolute atomic E-state index is 10.2. The van der Waals surface area contributed by atoms with Crippen molar-refractivity contribution in [3.8, 4) is 0 Å². The molecule has 0 aromatic carbocycles. The van der Waals surface area contributed by atoms with Crippen LogP contribution in [0.3, 0.4) is 0 Å². The highest BCUT2D eigenvalue weighted by Crippen LogP contribution is 2.73. The second-order valence-electron chi connectivity index (χ2n) is 6.45. The zero-order valence-electron chi connectivity index (χ0n) is 15.6. The highest BCUT2D eigenvalue weighted by atomic mass is 35.5. The van der Waals surface area contributed by atoms with Gasteiger partial charge in [-0.3, -0.25) is 9.13 Å². The predicted octanol–water partition coefficient (Wildman–Crippen LogP) is 4.26. The van der Waals surface area contributed by atoms with Gasteiger partial charge in [0.1, 0.15) is 0 Å². The Bertz CT molecular complexity index is 407. The molecule has 0 radical (unpaired) electrons. The molecule has 0 atom stereocenters. The van der Waals surface area contributed by atoms with Crippen LogP contribution in [0.4, 0.5) is 0 Å². The molecule has 0 fully saturated rings. The van der Waals surface area contributed by atoms with E-state index in [0.29, 0.717) is 0 Å². The fourth-order valence-electron chi connectivity index (χ4n) is 2.12. The molecular weight excluding hydrogens is 411 g/mol. The Morgan fingerprint density at radius 1 is 0.760 bits per heavy atom. The fraction of sp³-hybridized carbons (Fsp3) is 1.00. The van der Waals surface area contributed by atoms with Crippen LogP contribution in [0.15, 0.2) is 0 Å². The molecule has 11 heteroatoms. The smallest absolute Gasteiger partial charge is 0.326 e. The van der Waals surface area contributed by atoms with E-state index >= 15 is 0 Å². The molecule has 7 nitrogen and oxygen atoms in total. The Balaban J connectivity index is 0. The Morgan fingerprint density at radius 2 is 1.00 bits per heavy atom. The van der Waals surface area contributed by atoms with Gasteiger partial charge in [0.2, 0.25) is 0 Å². The summed E-state index contributed by atoms with van der Waals surface area (Å²) in [5.41, 5.74) is 0. The lowest BCUT2D eigenvalue weighted by Crippen LogP contribution is -2.46. The van der Waals surface area contributed by atoms with Crippen molar-refractivity contribution in [1.29, 1.82) is 0 Å². The van der Waals surface area contributed by atoms with Gasteiger partial charge in [-0.2, -0.15) is 0 Å². The van der Waals surface area contributed by atoms with Crippen molar-refractivity contribution in [2.75, 3.05) is 26.7 Å². The van der Waals surface area contributed by atoms with E-state index in [-0.39, 0.29) is 0 Å². The van der Waals surface area contributed by atoms with Crippen LogP contribution < -0.4 is 0 Å². The van der Waals surface area contributed by atoms with Crippen molar-refractivity contribution < 1.29 is 33.2 Å². The lowest BCUT2D eigenvalue weighted by Gasteiger charge is -2.34. The Labute approximate surface area is 161 Å². The number of rotatable bonds is 11. The third kappa shape index (κ3) is 11.3. The van der Waals surface area contributed by atoms with E-state index in [2.05, 4.69) is 27.8 Å². The summed E-state index contributed by atoms with van der Waals surface area (Å²) in [5.74, 6) is 0. The van der Waals surface area contributed by atoms with E-state index in [9.17, 15) is 9.13 Å². The second-order valence-corrected chi connectivity index (χ2v) is 12.7. The SMILES string of the molecule is CCCC[N+](C)(CCCC)CCCC.O=P(O)(O)C(Cl)(Cl)P(=O)(O)O. The third-order valence-electron chi connectivity index (χ3n) is 3.86. The average Bonchev–Trinajstić information content (AvgIpc) is 2.47. The summed E-state index contributed by atoms with van der Waals surface area (Å²) in [7, 11) is -8.00. The minimum Gasteiger partial charge on any atom is -0.326 e. The molecule has 0 aliphatic carbocycles. The van der Waals surface area contributed by atoms with E-state index in [1.54, 1.807) is 0 Å². The van der Waals surface area contributed by atoms with Crippen LogP contribution >= 0.6 is 38.4 Å². The van der Waals surface area contributed by atoms with Crippen LogP contribution in [0.5, 0.6) is 0 Å². The molecule has 0 aliphatic heterocycles. The number of quaternary nitrogens is 1. The highest BCUT2D eigenvalue weighted by Gasteiger charge is 2.58. The van der Waals surface area contributed by atoms with Gasteiger partial charge in [0.05, 0.1) is 26.7 Å². The number of hydrogen-bond acceptors (Lipinski definition) is 2. The zero-order valence-corrected chi connectivity index (χ0v) is 18.9.